The molecule has 0 radical (unpaired) electrons. The summed E-state index contributed by atoms with van der Waals surface area (Å²) in [6.07, 6.45) is 5.18. The Bertz CT molecular complexity index is 1590. The molecule has 3 aliphatic rings. The number of piperazine rings is 1. The van der Waals surface area contributed by atoms with E-state index in [0.717, 1.165) is 82.8 Å². The molecule has 2 bridgehead atoms. The maximum absolute atomic E-state index is 13.1. The zero-order valence-corrected chi connectivity index (χ0v) is 24.0. The number of thiazole rings is 1. The van der Waals surface area contributed by atoms with Gasteiger partial charge in [-0.2, -0.15) is 4.98 Å². The fourth-order valence-electron chi connectivity index (χ4n) is 6.47. The van der Waals surface area contributed by atoms with E-state index in [4.69, 9.17) is 15.0 Å². The number of hydrogen-bond acceptors (Lipinski definition) is 9. The van der Waals surface area contributed by atoms with Gasteiger partial charge in [-0.05, 0) is 51.8 Å². The Hall–Kier alpha value is -3.63. The standard InChI is InChI=1S/C30H34N8OS/c1-4-36-16-23-13-22(36)17-38(23)30-32-18(2)11-27(35-30)34-26-14-24-25(15-31-26)40-28(33-24)20-8-5-9-21(12-20)29(39)37-10-6-7-19(37)3/h5,8-9,11-12,14-15,19,22-23H,4,6-7,10,13,16-17H2,1-3H3,(H,31,32,34,35)/t19-,22-,23-/m0/s1. The quantitative estimate of drug-likeness (QED) is 0.352. The molecule has 0 spiro atoms. The number of hydrogen-bond donors (Lipinski definition) is 1. The van der Waals surface area contributed by atoms with Crippen molar-refractivity contribution in [2.75, 3.05) is 36.4 Å². The van der Waals surface area contributed by atoms with Crippen LogP contribution in [0, 0.1) is 6.92 Å². The third kappa shape index (κ3) is 4.58. The van der Waals surface area contributed by atoms with Crippen LogP contribution in [-0.4, -0.2) is 79.9 Å². The number of benzene rings is 1. The SMILES string of the molecule is CCN1C[C@@H]2C[C@H]1CN2c1nc(C)cc(Nc2cc3nc(-c4cccc(C(=O)N5CCC[C@@H]5C)c4)sc3cn2)n1. The second-order valence-corrected chi connectivity index (χ2v) is 12.3. The minimum absolute atomic E-state index is 0.102. The normalized spacial score (nSPS) is 22.5. The van der Waals surface area contributed by atoms with Crippen LogP contribution in [0.2, 0.25) is 0 Å². The smallest absolute Gasteiger partial charge is 0.254 e. The Morgan fingerprint density at radius 2 is 2.00 bits per heavy atom. The summed E-state index contributed by atoms with van der Waals surface area (Å²) in [7, 11) is 0. The van der Waals surface area contributed by atoms with Crippen LogP contribution in [0.25, 0.3) is 20.8 Å². The van der Waals surface area contributed by atoms with Crippen LogP contribution >= 0.6 is 11.3 Å². The number of aromatic nitrogens is 4. The highest BCUT2D eigenvalue weighted by molar-refractivity contribution is 7.21. The highest BCUT2D eigenvalue weighted by atomic mass is 32.1. The molecule has 206 valence electrons. The van der Waals surface area contributed by atoms with Crippen LogP contribution in [0.4, 0.5) is 17.6 Å². The van der Waals surface area contributed by atoms with Crippen molar-refractivity contribution in [1.82, 2.24) is 29.7 Å². The summed E-state index contributed by atoms with van der Waals surface area (Å²) in [5, 5.41) is 4.27. The average Bonchev–Trinajstić information content (AvgIpc) is 3.75. The fraction of sp³-hybridized carbons (Fsp3) is 0.433. The molecule has 0 aliphatic carbocycles. The van der Waals surface area contributed by atoms with Gasteiger partial charge in [-0.15, -0.1) is 11.3 Å². The number of fused-ring (bicyclic) bond motifs is 3. The first-order chi connectivity index (χ1) is 19.4. The van der Waals surface area contributed by atoms with Gasteiger partial charge < -0.3 is 15.1 Å². The molecule has 10 heteroatoms. The van der Waals surface area contributed by atoms with E-state index >= 15 is 0 Å². The predicted molar refractivity (Wildman–Crippen MR) is 159 cm³/mol. The molecule has 3 atom stereocenters. The van der Waals surface area contributed by atoms with E-state index in [2.05, 4.69) is 33.9 Å². The fourth-order valence-corrected chi connectivity index (χ4v) is 7.38. The highest BCUT2D eigenvalue weighted by Gasteiger charge is 2.43. The molecule has 1 amide bonds. The zero-order chi connectivity index (χ0) is 27.4. The number of carbonyl (C=O) groups excluding carboxylic acids is 1. The molecule has 3 saturated heterocycles. The van der Waals surface area contributed by atoms with E-state index in [1.54, 1.807) is 11.3 Å². The number of rotatable bonds is 6. The largest absolute Gasteiger partial charge is 0.336 e. The van der Waals surface area contributed by atoms with Crippen molar-refractivity contribution < 1.29 is 4.79 Å². The van der Waals surface area contributed by atoms with Gasteiger partial charge in [0.2, 0.25) is 5.95 Å². The third-order valence-corrected chi connectivity index (χ3v) is 9.62. The second-order valence-electron chi connectivity index (χ2n) is 11.2. The number of pyridine rings is 1. The maximum atomic E-state index is 13.1. The molecule has 9 nitrogen and oxygen atoms in total. The Morgan fingerprint density at radius 3 is 2.77 bits per heavy atom. The van der Waals surface area contributed by atoms with Gasteiger partial charge in [0.05, 0.1) is 10.2 Å². The Kier molecular flexibility index (Phi) is 6.39. The Labute approximate surface area is 238 Å². The van der Waals surface area contributed by atoms with Crippen molar-refractivity contribution in [2.24, 2.45) is 0 Å². The minimum Gasteiger partial charge on any atom is -0.336 e. The molecule has 4 aromatic rings. The van der Waals surface area contributed by atoms with E-state index in [9.17, 15) is 4.79 Å². The highest BCUT2D eigenvalue weighted by Crippen LogP contribution is 2.35. The van der Waals surface area contributed by atoms with Crippen LogP contribution in [0.1, 0.15) is 49.2 Å². The number of likely N-dealkylation sites (N-methyl/N-ethyl adjacent to an activating group) is 1. The van der Waals surface area contributed by atoms with Crippen LogP contribution in [0.5, 0.6) is 0 Å². The average molecular weight is 555 g/mol. The number of amides is 1. The summed E-state index contributed by atoms with van der Waals surface area (Å²) < 4.78 is 0.999. The van der Waals surface area contributed by atoms with Crippen molar-refractivity contribution in [1.29, 1.82) is 0 Å². The molecular weight excluding hydrogens is 520 g/mol. The Morgan fingerprint density at radius 1 is 1.10 bits per heavy atom. The van der Waals surface area contributed by atoms with E-state index in [0.29, 0.717) is 23.9 Å². The molecule has 3 aliphatic heterocycles. The van der Waals surface area contributed by atoms with E-state index in [-0.39, 0.29) is 5.91 Å². The van der Waals surface area contributed by atoms with E-state index in [1.807, 2.05) is 54.4 Å². The van der Waals surface area contributed by atoms with Crippen LogP contribution < -0.4 is 10.2 Å². The van der Waals surface area contributed by atoms with Gasteiger partial charge in [-0.3, -0.25) is 9.69 Å². The Balaban J connectivity index is 1.11. The lowest BCUT2D eigenvalue weighted by Crippen LogP contribution is -2.46. The zero-order valence-electron chi connectivity index (χ0n) is 23.2. The summed E-state index contributed by atoms with van der Waals surface area (Å²) in [6, 6.07) is 13.1. The molecule has 1 N–H and O–H groups in total. The monoisotopic (exact) mass is 554 g/mol. The molecule has 3 aromatic heterocycles. The summed E-state index contributed by atoms with van der Waals surface area (Å²) in [5.74, 6) is 2.33. The first kappa shape index (κ1) is 25.3. The van der Waals surface area contributed by atoms with Gasteiger partial charge >= 0.3 is 0 Å². The van der Waals surface area contributed by atoms with Gasteiger partial charge in [-0.25, -0.2) is 15.0 Å². The molecule has 40 heavy (non-hydrogen) atoms. The number of nitrogens with zero attached hydrogens (tertiary/aromatic N) is 7. The second kappa shape index (κ2) is 10.1. The van der Waals surface area contributed by atoms with E-state index in [1.165, 1.54) is 6.42 Å². The maximum Gasteiger partial charge on any atom is 0.254 e. The summed E-state index contributed by atoms with van der Waals surface area (Å²) >= 11 is 1.59. The molecule has 3 fully saturated rings. The lowest BCUT2D eigenvalue weighted by Gasteiger charge is -2.33. The topological polar surface area (TPSA) is 90.4 Å². The predicted octanol–water partition coefficient (Wildman–Crippen LogP) is 5.11. The molecule has 1 aromatic carbocycles. The molecule has 0 unspecified atom stereocenters. The number of anilines is 3. The van der Waals surface area contributed by atoms with Crippen LogP contribution in [0.3, 0.4) is 0 Å². The van der Waals surface area contributed by atoms with Crippen molar-refractivity contribution in [3.63, 3.8) is 0 Å². The lowest BCUT2D eigenvalue weighted by molar-refractivity contribution is 0.0747. The summed E-state index contributed by atoms with van der Waals surface area (Å²) in [6.45, 7) is 10.4. The van der Waals surface area contributed by atoms with Crippen molar-refractivity contribution in [3.8, 4) is 10.6 Å². The lowest BCUT2D eigenvalue weighted by atomic mass is 10.1. The molecular formula is C30H34N8OS. The first-order valence-electron chi connectivity index (χ1n) is 14.3. The van der Waals surface area contributed by atoms with Gasteiger partial charge in [0.15, 0.2) is 0 Å². The van der Waals surface area contributed by atoms with Crippen LogP contribution in [-0.2, 0) is 0 Å². The van der Waals surface area contributed by atoms with Crippen molar-refractivity contribution in [3.05, 3.63) is 53.9 Å². The van der Waals surface area contributed by atoms with Crippen LogP contribution in [0.15, 0.2) is 42.6 Å². The van der Waals surface area contributed by atoms with Gasteiger partial charge in [0.1, 0.15) is 16.6 Å². The number of aryl methyl sites for hydroxylation is 1. The number of carbonyl (C=O) groups is 1. The van der Waals surface area contributed by atoms with Crippen molar-refractivity contribution >= 4 is 45.0 Å². The molecule has 6 heterocycles. The minimum atomic E-state index is 0.102. The third-order valence-electron chi connectivity index (χ3n) is 8.56. The van der Waals surface area contributed by atoms with Crippen molar-refractivity contribution in [2.45, 2.75) is 58.2 Å². The summed E-state index contributed by atoms with van der Waals surface area (Å²) in [5.41, 5.74) is 3.46. The number of likely N-dealkylation sites (tertiary alicyclic amines) is 2. The van der Waals surface area contributed by atoms with Gasteiger partial charge in [0.25, 0.3) is 5.91 Å². The first-order valence-corrected chi connectivity index (χ1v) is 15.1. The summed E-state index contributed by atoms with van der Waals surface area (Å²) in [4.78, 5) is 39.2. The van der Waals surface area contributed by atoms with Gasteiger partial charge in [0, 0.05) is 72.9 Å². The molecule has 0 saturated carbocycles. The molecule has 7 rings (SSSR count). The van der Waals surface area contributed by atoms with E-state index < -0.39 is 0 Å². The number of nitrogens with one attached hydrogen (secondary N) is 1. The van der Waals surface area contributed by atoms with Gasteiger partial charge in [-0.1, -0.05) is 19.1 Å².